The zero-order valence-corrected chi connectivity index (χ0v) is 12.5. The van der Waals surface area contributed by atoms with Crippen molar-refractivity contribution in [1.29, 1.82) is 0 Å². The zero-order valence-electron chi connectivity index (χ0n) is 12.5. The number of anilines is 1. The van der Waals surface area contributed by atoms with E-state index in [1.165, 1.54) is 0 Å². The lowest BCUT2D eigenvalue weighted by Crippen LogP contribution is -2.47. The van der Waals surface area contributed by atoms with Gasteiger partial charge in [0.05, 0.1) is 12.2 Å². The molecule has 0 aliphatic carbocycles. The topological polar surface area (TPSA) is 95.9 Å². The first kappa shape index (κ1) is 15.8. The van der Waals surface area contributed by atoms with E-state index in [-0.39, 0.29) is 13.1 Å². The van der Waals surface area contributed by atoms with Crippen LogP contribution in [0.3, 0.4) is 0 Å². The number of carboxylic acid groups (broad SMARTS) is 1. The average Bonchev–Trinajstić information content (AvgIpc) is 2.43. The van der Waals surface area contributed by atoms with Crippen molar-refractivity contribution in [3.05, 3.63) is 23.8 Å². The van der Waals surface area contributed by atoms with Crippen LogP contribution in [0.5, 0.6) is 5.75 Å². The van der Waals surface area contributed by atoms with Gasteiger partial charge in [-0.05, 0) is 31.0 Å². The van der Waals surface area contributed by atoms with Crippen LogP contribution in [-0.4, -0.2) is 42.1 Å². The first-order valence-electron chi connectivity index (χ1n) is 6.99. The molecule has 1 aromatic rings. The van der Waals surface area contributed by atoms with Crippen LogP contribution in [0.2, 0.25) is 0 Å². The van der Waals surface area contributed by atoms with E-state index in [9.17, 15) is 14.4 Å². The number of esters is 1. The zero-order chi connectivity index (χ0) is 16.3. The summed E-state index contributed by atoms with van der Waals surface area (Å²) in [5.41, 5.74) is 1.58. The van der Waals surface area contributed by atoms with Crippen molar-refractivity contribution in [2.24, 2.45) is 0 Å². The molecule has 1 unspecified atom stereocenters. The summed E-state index contributed by atoms with van der Waals surface area (Å²) in [6.07, 6.45) is 0.291. The molecule has 1 atom stereocenters. The van der Waals surface area contributed by atoms with Crippen molar-refractivity contribution in [1.82, 2.24) is 5.32 Å². The summed E-state index contributed by atoms with van der Waals surface area (Å²) < 4.78 is 5.16. The number of carboxylic acids is 1. The lowest BCUT2D eigenvalue weighted by atomic mass is 10.1. The smallest absolute Gasteiger partial charge is 0.331 e. The number of fused-ring (bicyclic) bond motifs is 1. The molecule has 0 spiro atoms. The molecule has 22 heavy (non-hydrogen) atoms. The molecule has 1 amide bonds. The van der Waals surface area contributed by atoms with Gasteiger partial charge < -0.3 is 20.1 Å². The second-order valence-electron chi connectivity index (χ2n) is 5.17. The molecule has 0 saturated carbocycles. The third-order valence-electron chi connectivity index (χ3n) is 3.38. The van der Waals surface area contributed by atoms with Crippen molar-refractivity contribution in [3.63, 3.8) is 0 Å². The molecule has 118 valence electrons. The van der Waals surface area contributed by atoms with Gasteiger partial charge in [-0.25, -0.2) is 9.59 Å². The highest BCUT2D eigenvalue weighted by atomic mass is 16.5. The molecule has 1 aliphatic rings. The fraction of sp³-hybridized carbons (Fsp3) is 0.400. The highest BCUT2D eigenvalue weighted by Gasteiger charge is 2.27. The van der Waals surface area contributed by atoms with Gasteiger partial charge in [0.25, 0.3) is 0 Å². The molecule has 1 aromatic carbocycles. The van der Waals surface area contributed by atoms with Crippen LogP contribution < -0.4 is 15.0 Å². The van der Waals surface area contributed by atoms with Crippen LogP contribution in [0, 0.1) is 6.92 Å². The van der Waals surface area contributed by atoms with Gasteiger partial charge >= 0.3 is 11.9 Å². The molecule has 2 N–H and O–H groups in total. The Morgan fingerprint density at radius 3 is 2.82 bits per heavy atom. The number of carbonyl (C=O) groups excluding carboxylic acids is 2. The quantitative estimate of drug-likeness (QED) is 0.614. The van der Waals surface area contributed by atoms with Gasteiger partial charge in [-0.2, -0.15) is 0 Å². The molecule has 1 aliphatic heterocycles. The maximum Gasteiger partial charge on any atom is 0.331 e. The first-order chi connectivity index (χ1) is 10.4. The number of carbonyl (C=O) groups is 3. The van der Waals surface area contributed by atoms with Crippen molar-refractivity contribution < 1.29 is 24.2 Å². The Morgan fingerprint density at radius 2 is 2.18 bits per heavy atom. The Hall–Kier alpha value is -2.57. The van der Waals surface area contributed by atoms with Crippen LogP contribution in [0.4, 0.5) is 5.69 Å². The van der Waals surface area contributed by atoms with Crippen LogP contribution >= 0.6 is 0 Å². The molecule has 7 nitrogen and oxygen atoms in total. The Bertz CT molecular complexity index is 614. The minimum Gasteiger partial charge on any atom is -0.480 e. The van der Waals surface area contributed by atoms with Crippen molar-refractivity contribution >= 4 is 23.5 Å². The van der Waals surface area contributed by atoms with Gasteiger partial charge in [-0.15, -0.1) is 0 Å². The molecular weight excluding hydrogens is 288 g/mol. The number of benzene rings is 1. The third-order valence-corrected chi connectivity index (χ3v) is 3.38. The number of ether oxygens (including phenoxy) is 1. The normalized spacial score (nSPS) is 14.8. The number of hydrogen-bond donors (Lipinski definition) is 2. The van der Waals surface area contributed by atoms with Crippen molar-refractivity contribution in [2.45, 2.75) is 26.3 Å². The summed E-state index contributed by atoms with van der Waals surface area (Å²) in [5.74, 6) is -1.56. The maximum absolute atomic E-state index is 12.0. The van der Waals surface area contributed by atoms with Crippen LogP contribution in [0.25, 0.3) is 0 Å². The highest BCUT2D eigenvalue weighted by Crippen LogP contribution is 2.32. The molecular formula is C15H18N2O5. The number of aliphatic carboxylic acids is 1. The van der Waals surface area contributed by atoms with Crippen molar-refractivity contribution in [2.75, 3.05) is 18.0 Å². The van der Waals surface area contributed by atoms with E-state index in [0.29, 0.717) is 17.9 Å². The molecule has 0 saturated heterocycles. The number of aryl methyl sites for hydroxylation is 1. The van der Waals surface area contributed by atoms with Crippen LogP contribution in [-0.2, 0) is 14.4 Å². The fourth-order valence-electron chi connectivity index (χ4n) is 2.25. The number of rotatable bonds is 5. The maximum atomic E-state index is 12.0. The standard InChI is InChI=1S/C15H18N2O5/c1-3-10(15(20)21)16-13(18)7-17-8-14(19)22-12-6-9(2)4-5-11(12)17/h4-6,10H,3,7-8H2,1-2H3,(H,16,18)(H,20,21). The number of hydrogen-bond acceptors (Lipinski definition) is 5. The second kappa shape index (κ2) is 6.46. The summed E-state index contributed by atoms with van der Waals surface area (Å²) in [5, 5.41) is 11.4. The van der Waals surface area contributed by atoms with Crippen molar-refractivity contribution in [3.8, 4) is 5.75 Å². The lowest BCUT2D eigenvalue weighted by Gasteiger charge is -2.29. The summed E-state index contributed by atoms with van der Waals surface area (Å²) in [6, 6.07) is 4.43. The molecule has 0 bridgehead atoms. The first-order valence-corrected chi connectivity index (χ1v) is 6.99. The molecule has 7 heteroatoms. The molecule has 1 heterocycles. The van der Waals surface area contributed by atoms with E-state index >= 15 is 0 Å². The summed E-state index contributed by atoms with van der Waals surface area (Å²) in [6.45, 7) is 3.40. The molecule has 0 radical (unpaired) electrons. The van der Waals surface area contributed by atoms with E-state index in [0.717, 1.165) is 5.56 Å². The van der Waals surface area contributed by atoms with E-state index in [4.69, 9.17) is 9.84 Å². The second-order valence-corrected chi connectivity index (χ2v) is 5.17. The Labute approximate surface area is 127 Å². The van der Waals surface area contributed by atoms with Gasteiger partial charge in [-0.3, -0.25) is 4.79 Å². The predicted octanol–water partition coefficient (Wildman–Crippen LogP) is 0.700. The van der Waals surface area contributed by atoms with Gasteiger partial charge in [0.1, 0.15) is 12.6 Å². The minimum absolute atomic E-state index is 0.0483. The summed E-state index contributed by atoms with van der Waals surface area (Å²) in [4.78, 5) is 36.1. The van der Waals surface area contributed by atoms with Gasteiger partial charge in [-0.1, -0.05) is 13.0 Å². The third kappa shape index (κ3) is 3.55. The van der Waals surface area contributed by atoms with Gasteiger partial charge in [0.2, 0.25) is 5.91 Å². The Kier molecular flexibility index (Phi) is 4.65. The summed E-state index contributed by atoms with van der Waals surface area (Å²) in [7, 11) is 0. The Morgan fingerprint density at radius 1 is 1.45 bits per heavy atom. The number of nitrogens with one attached hydrogen (secondary N) is 1. The fourth-order valence-corrected chi connectivity index (χ4v) is 2.25. The largest absolute Gasteiger partial charge is 0.480 e. The van der Waals surface area contributed by atoms with Crippen LogP contribution in [0.15, 0.2) is 18.2 Å². The summed E-state index contributed by atoms with van der Waals surface area (Å²) >= 11 is 0. The molecule has 0 fully saturated rings. The number of amides is 1. The Balaban J connectivity index is 2.12. The SMILES string of the molecule is CCC(NC(=O)CN1CC(=O)Oc2cc(C)ccc21)C(=O)O. The highest BCUT2D eigenvalue weighted by molar-refractivity contribution is 5.91. The monoisotopic (exact) mass is 306 g/mol. The predicted molar refractivity (Wildman–Crippen MR) is 78.9 cm³/mol. The lowest BCUT2D eigenvalue weighted by molar-refractivity contribution is -0.141. The molecule has 0 aromatic heterocycles. The minimum atomic E-state index is -1.08. The number of nitrogens with zero attached hydrogens (tertiary/aromatic N) is 1. The van der Waals surface area contributed by atoms with E-state index in [1.54, 1.807) is 24.0 Å². The molecule has 2 rings (SSSR count). The van der Waals surface area contributed by atoms with E-state index in [2.05, 4.69) is 5.32 Å². The average molecular weight is 306 g/mol. The van der Waals surface area contributed by atoms with Gasteiger partial charge in [0.15, 0.2) is 5.75 Å². The van der Waals surface area contributed by atoms with E-state index in [1.807, 2.05) is 13.0 Å². The van der Waals surface area contributed by atoms with Crippen LogP contribution in [0.1, 0.15) is 18.9 Å². The van der Waals surface area contributed by atoms with Gasteiger partial charge in [0, 0.05) is 0 Å². The van der Waals surface area contributed by atoms with E-state index < -0.39 is 23.9 Å².